The lowest BCUT2D eigenvalue weighted by molar-refractivity contribution is -0.117. The Labute approximate surface area is 128 Å². The summed E-state index contributed by atoms with van der Waals surface area (Å²) in [4.78, 5) is 16.4. The van der Waals surface area contributed by atoms with Crippen molar-refractivity contribution < 1.29 is 4.79 Å². The van der Waals surface area contributed by atoms with Gasteiger partial charge in [-0.3, -0.25) is 15.3 Å². The highest BCUT2D eigenvalue weighted by atomic mass is 16.2. The minimum Gasteiger partial charge on any atom is -0.325 e. The number of amides is 1. The number of nitrogens with one attached hydrogen (secondary N) is 4. The summed E-state index contributed by atoms with van der Waals surface area (Å²) >= 11 is 0. The minimum atomic E-state index is -0.221. The van der Waals surface area contributed by atoms with Crippen molar-refractivity contribution in [1.29, 1.82) is 0 Å². The van der Waals surface area contributed by atoms with E-state index in [9.17, 15) is 4.79 Å². The highest BCUT2D eigenvalue weighted by Gasteiger charge is 2.30. The Bertz CT molecular complexity index is 639. The Kier molecular flexibility index (Phi) is 4.17. The fraction of sp³-hybridized carbons (Fsp3) is 0.400. The van der Waals surface area contributed by atoms with Crippen molar-refractivity contribution in [3.8, 4) is 11.4 Å². The van der Waals surface area contributed by atoms with Gasteiger partial charge in [0.15, 0.2) is 5.82 Å². The zero-order valence-corrected chi connectivity index (χ0v) is 12.6. The highest BCUT2D eigenvalue weighted by molar-refractivity contribution is 5.95. The van der Waals surface area contributed by atoms with Crippen LogP contribution in [0.4, 0.5) is 5.69 Å². The largest absolute Gasteiger partial charge is 0.325 e. The maximum atomic E-state index is 12.3. The third-order valence-electron chi connectivity index (χ3n) is 3.87. The summed E-state index contributed by atoms with van der Waals surface area (Å²) in [5.74, 6) is 1.13. The predicted molar refractivity (Wildman–Crippen MR) is 83.8 cm³/mol. The van der Waals surface area contributed by atoms with Crippen LogP contribution in [0.3, 0.4) is 0 Å². The summed E-state index contributed by atoms with van der Waals surface area (Å²) in [7, 11) is 0. The van der Waals surface area contributed by atoms with Crippen LogP contribution in [0.15, 0.2) is 30.6 Å². The van der Waals surface area contributed by atoms with Crippen LogP contribution in [-0.2, 0) is 4.79 Å². The molecule has 2 atom stereocenters. The Hall–Kier alpha value is -2.25. The molecule has 7 heteroatoms. The average Bonchev–Trinajstić information content (AvgIpc) is 3.19. The molecular formula is C15H20N6O. The van der Waals surface area contributed by atoms with Crippen LogP contribution >= 0.6 is 0 Å². The number of H-pyrrole nitrogens is 1. The van der Waals surface area contributed by atoms with E-state index in [-0.39, 0.29) is 11.9 Å². The van der Waals surface area contributed by atoms with E-state index in [1.165, 1.54) is 6.33 Å². The second-order valence-corrected chi connectivity index (χ2v) is 5.83. The number of hydrazine groups is 1. The molecule has 1 aliphatic rings. The van der Waals surface area contributed by atoms with Crippen molar-refractivity contribution in [3.63, 3.8) is 0 Å². The molecule has 0 saturated carbocycles. The first kappa shape index (κ1) is 14.7. The lowest BCUT2D eigenvalue weighted by atomic mass is 9.99. The van der Waals surface area contributed by atoms with Gasteiger partial charge in [0.1, 0.15) is 12.4 Å². The van der Waals surface area contributed by atoms with E-state index < -0.39 is 0 Å². The van der Waals surface area contributed by atoms with E-state index in [0.29, 0.717) is 17.8 Å². The second kappa shape index (κ2) is 6.25. The molecule has 0 bridgehead atoms. The molecule has 116 valence electrons. The summed E-state index contributed by atoms with van der Waals surface area (Å²) in [5, 5.41) is 9.59. The molecule has 1 aliphatic heterocycles. The molecular weight excluding hydrogens is 280 g/mol. The standard InChI is InChI=1S/C15H20N6O/c1-9(2)12-7-13(20-19-12)15(22)18-11-5-3-4-10(6-11)14-16-8-17-21-14/h3-6,8-9,12-13,19-20H,7H2,1-2H3,(H,18,22)(H,16,17,21). The van der Waals surface area contributed by atoms with Crippen LogP contribution < -0.4 is 16.2 Å². The third-order valence-corrected chi connectivity index (χ3v) is 3.87. The summed E-state index contributed by atoms with van der Waals surface area (Å²) in [5.41, 5.74) is 7.86. The van der Waals surface area contributed by atoms with Gasteiger partial charge in [-0.25, -0.2) is 10.4 Å². The second-order valence-electron chi connectivity index (χ2n) is 5.83. The van der Waals surface area contributed by atoms with Gasteiger partial charge in [0.25, 0.3) is 0 Å². The van der Waals surface area contributed by atoms with Crippen molar-refractivity contribution in [2.75, 3.05) is 5.32 Å². The summed E-state index contributed by atoms with van der Waals surface area (Å²) in [6.07, 6.45) is 2.24. The van der Waals surface area contributed by atoms with Gasteiger partial charge in [-0.05, 0) is 24.5 Å². The van der Waals surface area contributed by atoms with Crippen LogP contribution in [0.1, 0.15) is 20.3 Å². The lowest BCUT2D eigenvalue weighted by Crippen LogP contribution is -2.40. The van der Waals surface area contributed by atoms with E-state index in [1.807, 2.05) is 24.3 Å². The van der Waals surface area contributed by atoms with E-state index in [0.717, 1.165) is 17.7 Å². The zero-order chi connectivity index (χ0) is 15.5. The summed E-state index contributed by atoms with van der Waals surface area (Å²) in [6.45, 7) is 4.28. The van der Waals surface area contributed by atoms with Crippen molar-refractivity contribution >= 4 is 11.6 Å². The molecule has 1 fully saturated rings. The number of carbonyl (C=O) groups is 1. The van der Waals surface area contributed by atoms with E-state index in [2.05, 4.69) is 45.2 Å². The van der Waals surface area contributed by atoms with E-state index in [1.54, 1.807) is 0 Å². The molecule has 0 radical (unpaired) electrons. The van der Waals surface area contributed by atoms with Gasteiger partial charge in [0.05, 0.1) is 0 Å². The smallest absolute Gasteiger partial charge is 0.242 e. The Morgan fingerprint density at radius 2 is 2.23 bits per heavy atom. The van der Waals surface area contributed by atoms with E-state index >= 15 is 0 Å². The highest BCUT2D eigenvalue weighted by Crippen LogP contribution is 2.20. The van der Waals surface area contributed by atoms with Gasteiger partial charge >= 0.3 is 0 Å². The fourth-order valence-electron chi connectivity index (χ4n) is 2.51. The molecule has 1 saturated heterocycles. The zero-order valence-electron chi connectivity index (χ0n) is 12.6. The molecule has 2 unspecified atom stereocenters. The summed E-state index contributed by atoms with van der Waals surface area (Å²) < 4.78 is 0. The van der Waals surface area contributed by atoms with Crippen LogP contribution in [-0.4, -0.2) is 33.2 Å². The SMILES string of the molecule is CC(C)C1CC(C(=O)Nc2cccc(-c3ncn[nH]3)c2)NN1. The van der Waals surface area contributed by atoms with Crippen LogP contribution in [0, 0.1) is 5.92 Å². The molecule has 1 amide bonds. The molecule has 0 spiro atoms. The maximum Gasteiger partial charge on any atom is 0.242 e. The van der Waals surface area contributed by atoms with Gasteiger partial charge in [0.2, 0.25) is 5.91 Å². The fourth-order valence-corrected chi connectivity index (χ4v) is 2.51. The number of hydrogen-bond acceptors (Lipinski definition) is 5. The number of nitrogens with zero attached hydrogens (tertiary/aromatic N) is 2. The van der Waals surface area contributed by atoms with Gasteiger partial charge in [0, 0.05) is 17.3 Å². The van der Waals surface area contributed by atoms with Crippen molar-refractivity contribution in [2.45, 2.75) is 32.4 Å². The number of aromatic amines is 1. The van der Waals surface area contributed by atoms with E-state index in [4.69, 9.17) is 0 Å². The van der Waals surface area contributed by atoms with Crippen LogP contribution in [0.2, 0.25) is 0 Å². The first-order chi connectivity index (χ1) is 10.6. The number of aromatic nitrogens is 3. The Balaban J connectivity index is 1.66. The summed E-state index contributed by atoms with van der Waals surface area (Å²) in [6, 6.07) is 7.63. The topological polar surface area (TPSA) is 94.7 Å². The first-order valence-electron chi connectivity index (χ1n) is 7.41. The molecule has 0 aliphatic carbocycles. The third kappa shape index (κ3) is 3.15. The van der Waals surface area contributed by atoms with Crippen molar-refractivity contribution in [3.05, 3.63) is 30.6 Å². The molecule has 1 aromatic carbocycles. The lowest BCUT2D eigenvalue weighted by Gasteiger charge is -2.13. The molecule has 7 nitrogen and oxygen atoms in total. The van der Waals surface area contributed by atoms with Gasteiger partial charge < -0.3 is 5.32 Å². The number of hydrogen-bond donors (Lipinski definition) is 4. The molecule has 3 rings (SSSR count). The molecule has 2 aromatic rings. The Morgan fingerprint density at radius 3 is 2.91 bits per heavy atom. The number of anilines is 1. The first-order valence-corrected chi connectivity index (χ1v) is 7.41. The van der Waals surface area contributed by atoms with Crippen molar-refractivity contribution in [1.82, 2.24) is 26.0 Å². The molecule has 4 N–H and O–H groups in total. The number of carbonyl (C=O) groups excluding carboxylic acids is 1. The molecule has 2 heterocycles. The predicted octanol–water partition coefficient (Wildman–Crippen LogP) is 1.30. The number of rotatable bonds is 4. The average molecular weight is 300 g/mol. The monoisotopic (exact) mass is 300 g/mol. The van der Waals surface area contributed by atoms with Gasteiger partial charge in [-0.15, -0.1) is 0 Å². The van der Waals surface area contributed by atoms with Crippen LogP contribution in [0.5, 0.6) is 0 Å². The van der Waals surface area contributed by atoms with Gasteiger partial charge in [-0.2, -0.15) is 5.10 Å². The minimum absolute atomic E-state index is 0.0367. The maximum absolute atomic E-state index is 12.3. The Morgan fingerprint density at radius 1 is 1.36 bits per heavy atom. The molecule has 22 heavy (non-hydrogen) atoms. The van der Waals surface area contributed by atoms with Crippen LogP contribution in [0.25, 0.3) is 11.4 Å². The normalized spacial score (nSPS) is 21.2. The van der Waals surface area contributed by atoms with Crippen molar-refractivity contribution in [2.24, 2.45) is 5.92 Å². The number of benzene rings is 1. The quantitative estimate of drug-likeness (QED) is 0.683. The molecule has 1 aromatic heterocycles. The van der Waals surface area contributed by atoms with Gasteiger partial charge in [-0.1, -0.05) is 26.0 Å².